The van der Waals surface area contributed by atoms with E-state index in [1.165, 1.54) is 0 Å². The number of ether oxygens (including phenoxy) is 1. The van der Waals surface area contributed by atoms with Gasteiger partial charge in [0.25, 0.3) is 0 Å². The lowest BCUT2D eigenvalue weighted by Gasteiger charge is -2.20. The minimum atomic E-state index is -0.742. The van der Waals surface area contributed by atoms with E-state index in [9.17, 15) is 9.90 Å². The highest BCUT2D eigenvalue weighted by Crippen LogP contribution is 2.32. The van der Waals surface area contributed by atoms with Gasteiger partial charge in [0.15, 0.2) is 0 Å². The third-order valence-corrected chi connectivity index (χ3v) is 3.61. The second kappa shape index (κ2) is 5.40. The fourth-order valence-electron chi connectivity index (χ4n) is 2.67. The summed E-state index contributed by atoms with van der Waals surface area (Å²) in [6.45, 7) is 3.62. The third kappa shape index (κ3) is 2.48. The van der Waals surface area contributed by atoms with Crippen molar-refractivity contribution in [3.63, 3.8) is 0 Å². The maximum atomic E-state index is 11.5. The Morgan fingerprint density at radius 1 is 1.56 bits per heavy atom. The Balaban J connectivity index is 2.30. The molecule has 1 aliphatic heterocycles. The van der Waals surface area contributed by atoms with Crippen LogP contribution in [0.4, 0.5) is 0 Å². The molecule has 1 aromatic carbocycles. The summed E-state index contributed by atoms with van der Waals surface area (Å²) in [7, 11) is 1.62. The molecule has 0 aromatic heterocycles. The maximum absolute atomic E-state index is 11.5. The monoisotopic (exact) mass is 249 g/mol. The van der Waals surface area contributed by atoms with Crippen LogP contribution in [0.25, 0.3) is 0 Å². The number of rotatable bonds is 4. The first-order valence-corrected chi connectivity index (χ1v) is 6.21. The number of carboxylic acid groups (broad SMARTS) is 1. The number of benzene rings is 1. The van der Waals surface area contributed by atoms with E-state index in [4.69, 9.17) is 4.74 Å². The molecule has 0 aliphatic carbocycles. The molecule has 0 radical (unpaired) electrons. The number of nitrogens with one attached hydrogen (secondary N) is 1. The lowest BCUT2D eigenvalue weighted by Crippen LogP contribution is -2.23. The summed E-state index contributed by atoms with van der Waals surface area (Å²) in [5.74, 6) is -0.194. The molecule has 0 spiro atoms. The van der Waals surface area contributed by atoms with E-state index in [1.807, 2.05) is 25.1 Å². The molecule has 98 valence electrons. The molecule has 0 bridgehead atoms. The fraction of sp³-hybridized carbons (Fsp3) is 0.500. The van der Waals surface area contributed by atoms with Crippen LogP contribution in [-0.2, 0) is 4.79 Å². The Morgan fingerprint density at radius 2 is 2.33 bits per heavy atom. The number of methoxy groups -OCH3 is 1. The number of carboxylic acids is 1. The van der Waals surface area contributed by atoms with Gasteiger partial charge in [0.2, 0.25) is 0 Å². The van der Waals surface area contributed by atoms with Gasteiger partial charge in [-0.25, -0.2) is 0 Å². The zero-order valence-electron chi connectivity index (χ0n) is 10.8. The van der Waals surface area contributed by atoms with Crippen molar-refractivity contribution in [2.24, 2.45) is 5.92 Å². The van der Waals surface area contributed by atoms with E-state index < -0.39 is 11.9 Å². The molecule has 4 nitrogen and oxygen atoms in total. The van der Waals surface area contributed by atoms with Crippen molar-refractivity contribution in [1.29, 1.82) is 0 Å². The summed E-state index contributed by atoms with van der Waals surface area (Å²) >= 11 is 0. The van der Waals surface area contributed by atoms with Gasteiger partial charge in [0, 0.05) is 0 Å². The van der Waals surface area contributed by atoms with Gasteiger partial charge < -0.3 is 15.2 Å². The predicted octanol–water partition coefficient (Wildman–Crippen LogP) is 1.78. The van der Waals surface area contributed by atoms with Crippen LogP contribution >= 0.6 is 0 Å². The summed E-state index contributed by atoms with van der Waals surface area (Å²) in [4.78, 5) is 11.5. The minimum absolute atomic E-state index is 0.176. The summed E-state index contributed by atoms with van der Waals surface area (Å²) in [5, 5.41) is 12.7. The van der Waals surface area contributed by atoms with Gasteiger partial charge in [-0.15, -0.1) is 0 Å². The Bertz CT molecular complexity index is 439. The van der Waals surface area contributed by atoms with Crippen molar-refractivity contribution in [1.82, 2.24) is 5.32 Å². The predicted molar refractivity (Wildman–Crippen MR) is 69.1 cm³/mol. The van der Waals surface area contributed by atoms with Crippen molar-refractivity contribution in [3.8, 4) is 5.75 Å². The highest BCUT2D eigenvalue weighted by molar-refractivity contribution is 5.76. The van der Waals surface area contributed by atoms with Crippen molar-refractivity contribution in [3.05, 3.63) is 29.3 Å². The third-order valence-electron chi connectivity index (χ3n) is 3.61. The molecule has 1 fully saturated rings. The molecule has 0 saturated carbocycles. The molecule has 0 amide bonds. The lowest BCUT2D eigenvalue weighted by molar-refractivity contribution is -0.140. The molecule has 2 atom stereocenters. The molecule has 4 heteroatoms. The van der Waals surface area contributed by atoms with Crippen LogP contribution in [0, 0.1) is 12.8 Å². The van der Waals surface area contributed by atoms with Crippen LogP contribution in [0.2, 0.25) is 0 Å². The number of carbonyl (C=O) groups is 1. The highest BCUT2D eigenvalue weighted by atomic mass is 16.5. The number of hydrogen-bond acceptors (Lipinski definition) is 3. The van der Waals surface area contributed by atoms with Crippen LogP contribution in [-0.4, -0.2) is 31.3 Å². The Kier molecular flexibility index (Phi) is 3.87. The molecule has 2 rings (SSSR count). The van der Waals surface area contributed by atoms with E-state index >= 15 is 0 Å². The average Bonchev–Trinajstić information content (AvgIpc) is 2.82. The van der Waals surface area contributed by atoms with Crippen LogP contribution in [0.1, 0.15) is 23.5 Å². The number of aryl methyl sites for hydroxylation is 1. The quantitative estimate of drug-likeness (QED) is 0.854. The topological polar surface area (TPSA) is 58.6 Å². The van der Waals surface area contributed by atoms with Crippen molar-refractivity contribution in [2.75, 3.05) is 20.2 Å². The number of aliphatic carboxylic acids is 1. The minimum Gasteiger partial charge on any atom is -0.496 e. The molecule has 1 saturated heterocycles. The first kappa shape index (κ1) is 12.9. The van der Waals surface area contributed by atoms with Crippen molar-refractivity contribution in [2.45, 2.75) is 19.3 Å². The largest absolute Gasteiger partial charge is 0.496 e. The Morgan fingerprint density at radius 3 is 2.83 bits per heavy atom. The van der Waals surface area contributed by atoms with Crippen molar-refractivity contribution < 1.29 is 14.6 Å². The van der Waals surface area contributed by atoms with E-state index in [2.05, 4.69) is 5.32 Å². The molecule has 18 heavy (non-hydrogen) atoms. The smallest absolute Gasteiger partial charge is 0.311 e. The molecule has 1 heterocycles. The van der Waals surface area contributed by atoms with Crippen LogP contribution in [0.5, 0.6) is 5.75 Å². The summed E-state index contributed by atoms with van der Waals surface area (Å²) < 4.78 is 5.21. The SMILES string of the molecule is COc1ccc(C(C(=O)O)C2CCNC2)cc1C. The van der Waals surface area contributed by atoms with Crippen LogP contribution < -0.4 is 10.1 Å². The van der Waals surface area contributed by atoms with Crippen LogP contribution in [0.3, 0.4) is 0 Å². The molecule has 1 aromatic rings. The van der Waals surface area contributed by atoms with Crippen LogP contribution in [0.15, 0.2) is 18.2 Å². The summed E-state index contributed by atoms with van der Waals surface area (Å²) in [6.07, 6.45) is 0.919. The molecular weight excluding hydrogens is 230 g/mol. The van der Waals surface area contributed by atoms with Gasteiger partial charge in [-0.3, -0.25) is 4.79 Å². The number of hydrogen-bond donors (Lipinski definition) is 2. The summed E-state index contributed by atoms with van der Waals surface area (Å²) in [6, 6.07) is 5.64. The first-order valence-electron chi connectivity index (χ1n) is 6.21. The molecule has 2 unspecified atom stereocenters. The first-order chi connectivity index (χ1) is 8.63. The fourth-order valence-corrected chi connectivity index (χ4v) is 2.67. The zero-order valence-corrected chi connectivity index (χ0v) is 10.8. The van der Waals surface area contributed by atoms with Gasteiger partial charge in [0.05, 0.1) is 13.0 Å². The maximum Gasteiger partial charge on any atom is 0.311 e. The summed E-state index contributed by atoms with van der Waals surface area (Å²) in [5.41, 5.74) is 1.85. The average molecular weight is 249 g/mol. The zero-order chi connectivity index (χ0) is 13.1. The van der Waals surface area contributed by atoms with Gasteiger partial charge in [-0.1, -0.05) is 12.1 Å². The Hall–Kier alpha value is -1.55. The van der Waals surface area contributed by atoms with Gasteiger partial charge in [0.1, 0.15) is 5.75 Å². The standard InChI is InChI=1S/C14H19NO3/c1-9-7-10(3-4-12(9)18-2)13(14(16)17)11-5-6-15-8-11/h3-4,7,11,13,15H,5-6,8H2,1-2H3,(H,16,17). The van der Waals surface area contributed by atoms with E-state index in [0.717, 1.165) is 36.4 Å². The second-order valence-corrected chi connectivity index (χ2v) is 4.80. The molecule has 1 aliphatic rings. The highest BCUT2D eigenvalue weighted by Gasteiger charge is 2.32. The molecular formula is C14H19NO3. The normalized spacial score (nSPS) is 20.7. The Labute approximate surface area is 107 Å². The van der Waals surface area contributed by atoms with E-state index in [1.54, 1.807) is 7.11 Å². The van der Waals surface area contributed by atoms with Gasteiger partial charge in [-0.2, -0.15) is 0 Å². The molecule has 2 N–H and O–H groups in total. The second-order valence-electron chi connectivity index (χ2n) is 4.80. The van der Waals surface area contributed by atoms with Gasteiger partial charge in [-0.05, 0) is 49.5 Å². The lowest BCUT2D eigenvalue weighted by atomic mass is 9.85. The van der Waals surface area contributed by atoms with Gasteiger partial charge >= 0.3 is 5.97 Å². The van der Waals surface area contributed by atoms with E-state index in [-0.39, 0.29) is 5.92 Å². The van der Waals surface area contributed by atoms with Crippen molar-refractivity contribution >= 4 is 5.97 Å². The van der Waals surface area contributed by atoms with E-state index in [0.29, 0.717) is 0 Å².